The van der Waals surface area contributed by atoms with Crippen LogP contribution in [0.4, 0.5) is 0 Å². The van der Waals surface area contributed by atoms with E-state index in [1.807, 2.05) is 0 Å². The molecule has 0 bridgehead atoms. The zero-order chi connectivity index (χ0) is 7.28. The first kappa shape index (κ1) is 8.32. The van der Waals surface area contributed by atoms with Gasteiger partial charge in [0.1, 0.15) is 6.61 Å². The minimum atomic E-state index is -1.00. The summed E-state index contributed by atoms with van der Waals surface area (Å²) in [4.78, 5) is 9.25. The molecule has 0 rings (SSSR count). The first-order chi connectivity index (χ1) is 4.22. The zero-order valence-corrected chi connectivity index (χ0v) is 4.86. The molecule has 0 heterocycles. The van der Waals surface area contributed by atoms with E-state index in [2.05, 4.69) is 0 Å². The summed E-state index contributed by atoms with van der Waals surface area (Å²) in [7, 11) is 0. The van der Waals surface area contributed by atoms with Crippen LogP contribution in [0, 0.1) is 10.1 Å². The molecule has 0 aliphatic carbocycles. The van der Waals surface area contributed by atoms with Gasteiger partial charge in [-0.25, -0.2) is 0 Å². The zero-order valence-electron chi connectivity index (χ0n) is 4.86. The van der Waals surface area contributed by atoms with Crippen molar-refractivity contribution in [3.8, 4) is 0 Å². The first-order valence-corrected chi connectivity index (χ1v) is 2.57. The molecule has 1 unspecified atom stereocenters. The molecule has 1 atom stereocenters. The lowest BCUT2D eigenvalue weighted by atomic mass is 10.2. The van der Waals surface area contributed by atoms with Crippen LogP contribution in [0.25, 0.3) is 0 Å². The normalized spacial score (nSPS) is 13.1. The Balaban J connectivity index is 3.54. The van der Waals surface area contributed by atoms with Gasteiger partial charge < -0.3 is 10.2 Å². The maximum absolute atomic E-state index is 9.85. The van der Waals surface area contributed by atoms with E-state index in [0.717, 1.165) is 0 Å². The van der Waals surface area contributed by atoms with E-state index < -0.39 is 17.6 Å². The smallest absolute Gasteiger partial charge is 0.238 e. The Labute approximate surface area is 52.1 Å². The summed E-state index contributed by atoms with van der Waals surface area (Å²) in [5, 5.41) is 26.3. The molecule has 5 heteroatoms. The maximum atomic E-state index is 9.85. The number of aliphatic hydroxyl groups is 2. The Morgan fingerprint density at radius 3 is 2.22 bits per heavy atom. The third-order valence-corrected chi connectivity index (χ3v) is 0.971. The van der Waals surface area contributed by atoms with Crippen molar-refractivity contribution in [1.29, 1.82) is 0 Å². The number of hydrogen-bond donors (Lipinski definition) is 2. The highest BCUT2D eigenvalue weighted by molar-refractivity contribution is 4.51. The Kier molecular flexibility index (Phi) is 3.90. The van der Waals surface area contributed by atoms with E-state index in [0.29, 0.717) is 0 Å². The minimum absolute atomic E-state index is 0.0174. The van der Waals surface area contributed by atoms with Crippen molar-refractivity contribution < 1.29 is 15.1 Å². The predicted octanol–water partition coefficient (Wildman–Crippen LogP) is -0.994. The average Bonchev–Trinajstić information content (AvgIpc) is 1.82. The van der Waals surface area contributed by atoms with Crippen LogP contribution >= 0.6 is 0 Å². The Hall–Kier alpha value is -0.680. The van der Waals surface area contributed by atoms with E-state index in [1.165, 1.54) is 0 Å². The quantitative estimate of drug-likeness (QED) is 0.383. The van der Waals surface area contributed by atoms with Gasteiger partial charge in [-0.05, 0) is 0 Å². The molecular formula is C4H9NO4. The second-order valence-electron chi connectivity index (χ2n) is 1.63. The van der Waals surface area contributed by atoms with Gasteiger partial charge in [0.25, 0.3) is 0 Å². The molecule has 0 aliphatic heterocycles. The van der Waals surface area contributed by atoms with Crippen molar-refractivity contribution in [2.75, 3.05) is 13.2 Å². The molecule has 0 aromatic carbocycles. The third-order valence-electron chi connectivity index (χ3n) is 0.971. The van der Waals surface area contributed by atoms with Crippen LogP contribution in [0.15, 0.2) is 0 Å². The molecule has 0 aliphatic rings. The Bertz CT molecular complexity index is 94.6. The van der Waals surface area contributed by atoms with Gasteiger partial charge in [0.05, 0.1) is 0 Å². The van der Waals surface area contributed by atoms with Crippen LogP contribution in [0.3, 0.4) is 0 Å². The fraction of sp³-hybridized carbons (Fsp3) is 1.00. The SMILES string of the molecule is O=[N+]([O-])C(CO)CCO. The molecule has 9 heavy (non-hydrogen) atoms. The number of nitrogens with zero attached hydrogens (tertiary/aromatic N) is 1. The number of rotatable bonds is 4. The summed E-state index contributed by atoms with van der Waals surface area (Å²) in [5.41, 5.74) is 0. The second kappa shape index (κ2) is 4.22. The lowest BCUT2D eigenvalue weighted by Gasteiger charge is -2.01. The lowest BCUT2D eigenvalue weighted by molar-refractivity contribution is -0.527. The maximum Gasteiger partial charge on any atom is 0.238 e. The monoisotopic (exact) mass is 135 g/mol. The van der Waals surface area contributed by atoms with Crippen LogP contribution < -0.4 is 0 Å². The summed E-state index contributed by atoms with van der Waals surface area (Å²) in [6.45, 7) is -0.764. The average molecular weight is 135 g/mol. The summed E-state index contributed by atoms with van der Waals surface area (Å²) in [6, 6.07) is -1.00. The molecule has 0 aromatic rings. The van der Waals surface area contributed by atoms with Crippen molar-refractivity contribution in [3.05, 3.63) is 10.1 Å². The second-order valence-corrected chi connectivity index (χ2v) is 1.63. The van der Waals surface area contributed by atoms with E-state index >= 15 is 0 Å². The molecule has 0 aromatic heterocycles. The van der Waals surface area contributed by atoms with Crippen LogP contribution in [-0.2, 0) is 0 Å². The van der Waals surface area contributed by atoms with Crippen LogP contribution in [0.1, 0.15) is 6.42 Å². The fourth-order valence-electron chi connectivity index (χ4n) is 0.412. The molecule has 0 spiro atoms. The summed E-state index contributed by atoms with van der Waals surface area (Å²) in [5.74, 6) is 0. The summed E-state index contributed by atoms with van der Waals surface area (Å²) in [6.07, 6.45) is 0.0174. The summed E-state index contributed by atoms with van der Waals surface area (Å²) >= 11 is 0. The Morgan fingerprint density at radius 1 is 1.56 bits per heavy atom. The van der Waals surface area contributed by atoms with Crippen molar-refractivity contribution in [1.82, 2.24) is 0 Å². The van der Waals surface area contributed by atoms with E-state index in [9.17, 15) is 10.1 Å². The highest BCUT2D eigenvalue weighted by atomic mass is 16.6. The van der Waals surface area contributed by atoms with Crippen molar-refractivity contribution >= 4 is 0 Å². The molecule has 0 saturated carbocycles. The molecule has 2 N–H and O–H groups in total. The van der Waals surface area contributed by atoms with Crippen LogP contribution in [0.2, 0.25) is 0 Å². The summed E-state index contributed by atoms with van der Waals surface area (Å²) < 4.78 is 0. The van der Waals surface area contributed by atoms with Gasteiger partial charge in [-0.15, -0.1) is 0 Å². The van der Waals surface area contributed by atoms with Gasteiger partial charge >= 0.3 is 0 Å². The van der Waals surface area contributed by atoms with Gasteiger partial charge in [-0.2, -0.15) is 0 Å². The van der Waals surface area contributed by atoms with E-state index in [-0.39, 0.29) is 13.0 Å². The molecule has 0 radical (unpaired) electrons. The molecule has 0 amide bonds. The van der Waals surface area contributed by atoms with Crippen molar-refractivity contribution in [2.45, 2.75) is 12.5 Å². The predicted molar refractivity (Wildman–Crippen MR) is 29.6 cm³/mol. The van der Waals surface area contributed by atoms with Gasteiger partial charge in [-0.1, -0.05) is 0 Å². The lowest BCUT2D eigenvalue weighted by Crippen LogP contribution is -2.24. The first-order valence-electron chi connectivity index (χ1n) is 2.57. The minimum Gasteiger partial charge on any atom is -0.396 e. The van der Waals surface area contributed by atoms with Gasteiger partial charge in [0, 0.05) is 18.0 Å². The van der Waals surface area contributed by atoms with E-state index in [1.54, 1.807) is 0 Å². The van der Waals surface area contributed by atoms with Gasteiger partial charge in [-0.3, -0.25) is 10.1 Å². The van der Waals surface area contributed by atoms with Gasteiger partial charge in [0.2, 0.25) is 6.04 Å². The molecule has 5 nitrogen and oxygen atoms in total. The van der Waals surface area contributed by atoms with Crippen molar-refractivity contribution in [2.24, 2.45) is 0 Å². The van der Waals surface area contributed by atoms with Crippen LogP contribution in [-0.4, -0.2) is 34.4 Å². The highest BCUT2D eigenvalue weighted by Gasteiger charge is 2.16. The number of aliphatic hydroxyl groups excluding tert-OH is 2. The molecule has 0 fully saturated rings. The largest absolute Gasteiger partial charge is 0.396 e. The number of hydrogen-bond acceptors (Lipinski definition) is 4. The standard InChI is InChI=1S/C4H9NO4/c6-2-1-4(3-7)5(8)9/h4,6-7H,1-3H2. The van der Waals surface area contributed by atoms with E-state index in [4.69, 9.17) is 10.2 Å². The Morgan fingerprint density at radius 2 is 2.11 bits per heavy atom. The topological polar surface area (TPSA) is 83.6 Å². The van der Waals surface area contributed by atoms with Crippen molar-refractivity contribution in [3.63, 3.8) is 0 Å². The molecular weight excluding hydrogens is 126 g/mol. The number of nitro groups is 1. The molecule has 54 valence electrons. The highest BCUT2D eigenvalue weighted by Crippen LogP contribution is 1.93. The van der Waals surface area contributed by atoms with Gasteiger partial charge in [0.15, 0.2) is 0 Å². The van der Waals surface area contributed by atoms with Crippen LogP contribution in [0.5, 0.6) is 0 Å². The third kappa shape index (κ3) is 2.99. The molecule has 0 saturated heterocycles. The fourth-order valence-corrected chi connectivity index (χ4v) is 0.412.